The van der Waals surface area contributed by atoms with Gasteiger partial charge in [-0.25, -0.2) is 14.2 Å². The van der Waals surface area contributed by atoms with Gasteiger partial charge in [0, 0.05) is 6.54 Å². The maximum absolute atomic E-state index is 14.7. The van der Waals surface area contributed by atoms with Gasteiger partial charge in [-0.2, -0.15) is 0 Å². The van der Waals surface area contributed by atoms with Crippen LogP contribution in [0, 0.1) is 5.82 Å². The molecule has 0 unspecified atom stereocenters. The zero-order valence-electron chi connectivity index (χ0n) is 20.2. The Morgan fingerprint density at radius 1 is 0.895 bits per heavy atom. The highest BCUT2D eigenvalue weighted by Crippen LogP contribution is 2.31. The molecule has 0 bridgehead atoms. The van der Waals surface area contributed by atoms with Crippen molar-refractivity contribution in [3.63, 3.8) is 0 Å². The van der Waals surface area contributed by atoms with Gasteiger partial charge >= 0.3 is 5.97 Å². The van der Waals surface area contributed by atoms with Gasteiger partial charge < -0.3 is 15.2 Å². The lowest BCUT2D eigenvalue weighted by molar-refractivity contribution is -0.120. The number of nitrogens with one attached hydrogen (secondary N) is 1. The normalized spacial score (nSPS) is 10.9. The molecular weight excluding hydrogens is 503 g/mol. The third-order valence-corrected chi connectivity index (χ3v) is 6.93. The van der Waals surface area contributed by atoms with E-state index < -0.39 is 11.8 Å². The minimum atomic E-state index is -1.01. The molecule has 190 valence electrons. The monoisotopic (exact) mass is 526 g/mol. The Labute approximate surface area is 222 Å². The standard InChI is InChI=1S/C30H23FN2O4S/c31-24-14-21(10-12-26(24)37-18-19-5-2-1-3-6-19)22-9-11-25-27(15-22)38-29(33-25)16-28(34)32-17-20-7-4-8-23(13-20)30(35)36/h1-15H,16-18H2,(H,32,34)(H,35,36). The molecule has 0 aliphatic carbocycles. The number of rotatable bonds is 9. The van der Waals surface area contributed by atoms with Crippen LogP contribution >= 0.6 is 11.3 Å². The summed E-state index contributed by atoms with van der Waals surface area (Å²) in [6.45, 7) is 0.515. The van der Waals surface area contributed by atoms with Crippen LogP contribution in [0.4, 0.5) is 4.39 Å². The molecule has 0 saturated carbocycles. The summed E-state index contributed by atoms with van der Waals surface area (Å²) in [7, 11) is 0. The Bertz CT molecular complexity index is 1620. The summed E-state index contributed by atoms with van der Waals surface area (Å²) >= 11 is 1.41. The third kappa shape index (κ3) is 6.04. The Balaban J connectivity index is 1.23. The van der Waals surface area contributed by atoms with E-state index in [2.05, 4.69) is 10.3 Å². The number of hydrogen-bond acceptors (Lipinski definition) is 5. The predicted octanol–water partition coefficient (Wildman–Crippen LogP) is 6.24. The molecule has 0 aliphatic rings. The fourth-order valence-electron chi connectivity index (χ4n) is 3.98. The van der Waals surface area contributed by atoms with Gasteiger partial charge in [0.25, 0.3) is 0 Å². The van der Waals surface area contributed by atoms with Crippen LogP contribution in [0.1, 0.15) is 26.5 Å². The minimum absolute atomic E-state index is 0.107. The molecule has 0 saturated heterocycles. The highest BCUT2D eigenvalue weighted by molar-refractivity contribution is 7.18. The number of benzene rings is 4. The van der Waals surface area contributed by atoms with Gasteiger partial charge in [-0.3, -0.25) is 4.79 Å². The van der Waals surface area contributed by atoms with E-state index in [1.165, 1.54) is 29.5 Å². The van der Waals surface area contributed by atoms with Crippen LogP contribution in [0.5, 0.6) is 5.75 Å². The average Bonchev–Trinajstić information content (AvgIpc) is 3.33. The lowest BCUT2D eigenvalue weighted by Gasteiger charge is -2.09. The molecule has 0 aliphatic heterocycles. The van der Waals surface area contributed by atoms with Gasteiger partial charge in [0.05, 0.1) is 22.2 Å². The van der Waals surface area contributed by atoms with Crippen LogP contribution in [0.15, 0.2) is 91.0 Å². The van der Waals surface area contributed by atoms with Crippen LogP contribution in [-0.2, 0) is 24.4 Å². The van der Waals surface area contributed by atoms with Crippen LogP contribution in [0.2, 0.25) is 0 Å². The van der Waals surface area contributed by atoms with E-state index >= 15 is 0 Å². The summed E-state index contributed by atoms with van der Waals surface area (Å²) in [5.74, 6) is -1.46. The van der Waals surface area contributed by atoms with Crippen molar-refractivity contribution in [2.45, 2.75) is 19.6 Å². The molecule has 5 rings (SSSR count). The molecule has 2 N–H and O–H groups in total. The van der Waals surface area contributed by atoms with Crippen molar-refractivity contribution in [3.8, 4) is 16.9 Å². The summed E-state index contributed by atoms with van der Waals surface area (Å²) < 4.78 is 21.3. The van der Waals surface area contributed by atoms with Gasteiger partial charge in [0.15, 0.2) is 11.6 Å². The molecule has 6 nitrogen and oxygen atoms in total. The molecule has 0 radical (unpaired) electrons. The number of halogens is 1. The van der Waals surface area contributed by atoms with Crippen LogP contribution < -0.4 is 10.1 Å². The molecule has 0 atom stereocenters. The summed E-state index contributed by atoms with van der Waals surface area (Å²) in [4.78, 5) is 28.1. The van der Waals surface area contributed by atoms with Crippen LogP contribution in [0.25, 0.3) is 21.3 Å². The summed E-state index contributed by atoms with van der Waals surface area (Å²) in [6.07, 6.45) is 0.107. The first-order valence-corrected chi connectivity index (χ1v) is 12.7. The number of carbonyl (C=O) groups excluding carboxylic acids is 1. The molecule has 0 fully saturated rings. The van der Waals surface area contributed by atoms with Gasteiger partial charge in [0.1, 0.15) is 11.6 Å². The molecule has 0 spiro atoms. The molecule has 4 aromatic carbocycles. The van der Waals surface area contributed by atoms with E-state index in [9.17, 15) is 14.0 Å². The minimum Gasteiger partial charge on any atom is -0.486 e. The number of carboxylic acid groups (broad SMARTS) is 1. The van der Waals surface area contributed by atoms with Crippen molar-refractivity contribution < 1.29 is 23.8 Å². The fraction of sp³-hybridized carbons (Fsp3) is 0.100. The van der Waals surface area contributed by atoms with Crippen molar-refractivity contribution in [2.24, 2.45) is 0 Å². The second kappa shape index (κ2) is 11.2. The molecule has 1 amide bonds. The van der Waals surface area contributed by atoms with Gasteiger partial charge in [-0.15, -0.1) is 11.3 Å². The molecule has 1 heterocycles. The van der Waals surface area contributed by atoms with Gasteiger partial charge in [-0.1, -0.05) is 54.6 Å². The lowest BCUT2D eigenvalue weighted by atomic mass is 10.1. The maximum Gasteiger partial charge on any atom is 0.335 e. The van der Waals surface area contributed by atoms with Gasteiger partial charge in [0.2, 0.25) is 5.91 Å². The predicted molar refractivity (Wildman–Crippen MR) is 145 cm³/mol. The molecule has 5 aromatic rings. The van der Waals surface area contributed by atoms with E-state index in [4.69, 9.17) is 9.84 Å². The smallest absolute Gasteiger partial charge is 0.335 e. The second-order valence-electron chi connectivity index (χ2n) is 8.67. The highest BCUT2D eigenvalue weighted by atomic mass is 32.1. The number of ether oxygens (including phenoxy) is 1. The number of thiazole rings is 1. The van der Waals surface area contributed by atoms with E-state index in [-0.39, 0.29) is 36.8 Å². The first kappa shape index (κ1) is 25.1. The first-order valence-electron chi connectivity index (χ1n) is 11.9. The Morgan fingerprint density at radius 3 is 2.45 bits per heavy atom. The average molecular weight is 527 g/mol. The SMILES string of the molecule is O=C(Cc1nc2ccc(-c3ccc(OCc4ccccc4)c(F)c3)cc2s1)NCc1cccc(C(=O)O)c1. The van der Waals surface area contributed by atoms with E-state index in [1.807, 2.05) is 54.6 Å². The summed E-state index contributed by atoms with van der Waals surface area (Å²) in [6, 6.07) is 26.6. The maximum atomic E-state index is 14.7. The molecule has 38 heavy (non-hydrogen) atoms. The molecular formula is C30H23FN2O4S. The summed E-state index contributed by atoms with van der Waals surface area (Å²) in [5.41, 5.74) is 4.16. The van der Waals surface area contributed by atoms with Crippen molar-refractivity contribution in [2.75, 3.05) is 0 Å². The number of aromatic carboxylic acids is 1. The van der Waals surface area contributed by atoms with E-state index in [1.54, 1.807) is 18.2 Å². The zero-order chi connectivity index (χ0) is 26.5. The van der Waals surface area contributed by atoms with Crippen LogP contribution in [0.3, 0.4) is 0 Å². The van der Waals surface area contributed by atoms with Crippen molar-refractivity contribution in [3.05, 3.63) is 119 Å². The van der Waals surface area contributed by atoms with Crippen molar-refractivity contribution in [1.29, 1.82) is 0 Å². The largest absolute Gasteiger partial charge is 0.486 e. The molecule has 8 heteroatoms. The third-order valence-electron chi connectivity index (χ3n) is 5.91. The lowest BCUT2D eigenvalue weighted by Crippen LogP contribution is -2.24. The van der Waals surface area contributed by atoms with Gasteiger partial charge in [-0.05, 0) is 58.7 Å². The highest BCUT2D eigenvalue weighted by Gasteiger charge is 2.12. The second-order valence-corrected chi connectivity index (χ2v) is 9.78. The number of carboxylic acids is 1. The number of amides is 1. The number of carbonyl (C=O) groups is 2. The quantitative estimate of drug-likeness (QED) is 0.237. The zero-order valence-corrected chi connectivity index (χ0v) is 21.0. The Kier molecular flexibility index (Phi) is 7.42. The van der Waals surface area contributed by atoms with Crippen molar-refractivity contribution in [1.82, 2.24) is 10.3 Å². The van der Waals surface area contributed by atoms with E-state index in [0.717, 1.165) is 21.3 Å². The fourth-order valence-corrected chi connectivity index (χ4v) is 4.98. The first-order chi connectivity index (χ1) is 18.4. The number of fused-ring (bicyclic) bond motifs is 1. The van der Waals surface area contributed by atoms with Crippen molar-refractivity contribution >= 4 is 33.4 Å². The number of nitrogens with zero attached hydrogens (tertiary/aromatic N) is 1. The van der Waals surface area contributed by atoms with E-state index in [0.29, 0.717) is 16.1 Å². The Hall–Kier alpha value is -4.56. The Morgan fingerprint density at radius 2 is 1.66 bits per heavy atom. The topological polar surface area (TPSA) is 88.5 Å². The number of aromatic nitrogens is 1. The van der Waals surface area contributed by atoms with Crippen LogP contribution in [-0.4, -0.2) is 22.0 Å². The summed E-state index contributed by atoms with van der Waals surface area (Å²) in [5, 5.41) is 12.6. The molecule has 1 aromatic heterocycles. The number of hydrogen-bond donors (Lipinski definition) is 2.